The Kier molecular flexibility index (Phi) is 5.22. The molecule has 0 aliphatic heterocycles. The first kappa shape index (κ1) is 15.1. The molecule has 2 rings (SSSR count). The summed E-state index contributed by atoms with van der Waals surface area (Å²) in [6, 6.07) is 14.7. The largest absolute Gasteiger partial charge is 0.330 e. The van der Waals surface area contributed by atoms with Gasteiger partial charge in [0.1, 0.15) is 0 Å². The van der Waals surface area contributed by atoms with Gasteiger partial charge in [-0.05, 0) is 56.3 Å². The molecular weight excluding hydrogens is 266 g/mol. The van der Waals surface area contributed by atoms with Crippen LogP contribution in [0.2, 0.25) is 5.02 Å². The third kappa shape index (κ3) is 4.09. The van der Waals surface area contributed by atoms with Gasteiger partial charge < -0.3 is 5.73 Å². The third-order valence-electron chi connectivity index (χ3n) is 3.61. The summed E-state index contributed by atoms with van der Waals surface area (Å²) in [5.41, 5.74) is 11.1. The fraction of sp³-hybridized carbons (Fsp3) is 0.333. The van der Waals surface area contributed by atoms with E-state index < -0.39 is 0 Å². The minimum atomic E-state index is 0.427. The van der Waals surface area contributed by atoms with Gasteiger partial charge in [-0.15, -0.1) is 0 Å². The Morgan fingerprint density at radius 2 is 1.65 bits per heavy atom. The Hall–Kier alpha value is -1.31. The Morgan fingerprint density at radius 3 is 2.25 bits per heavy atom. The molecule has 0 saturated heterocycles. The first-order valence-corrected chi connectivity index (χ1v) is 7.47. The van der Waals surface area contributed by atoms with Gasteiger partial charge in [-0.2, -0.15) is 0 Å². The molecule has 2 aromatic rings. The van der Waals surface area contributed by atoms with Gasteiger partial charge in [0.15, 0.2) is 0 Å². The molecule has 0 aromatic heterocycles. The van der Waals surface area contributed by atoms with Gasteiger partial charge in [0.05, 0.1) is 0 Å². The minimum Gasteiger partial charge on any atom is -0.330 e. The number of hydrogen-bond acceptors (Lipinski definition) is 1. The molecule has 0 aliphatic carbocycles. The van der Waals surface area contributed by atoms with Crippen molar-refractivity contribution in [1.29, 1.82) is 0 Å². The summed E-state index contributed by atoms with van der Waals surface area (Å²) in [5.74, 6) is 0.427. The second-order valence-corrected chi connectivity index (χ2v) is 6.00. The number of benzene rings is 2. The molecule has 0 fully saturated rings. The standard InChI is InChI=1S/C18H22ClN/c1-13-7-14(2)9-15(8-13)10-16(12-20)11-17-5-3-4-6-18(17)19/h3-9,16H,10-12,20H2,1-2H3. The van der Waals surface area contributed by atoms with Crippen LogP contribution in [0, 0.1) is 19.8 Å². The van der Waals surface area contributed by atoms with Gasteiger partial charge in [0.2, 0.25) is 0 Å². The molecule has 0 radical (unpaired) electrons. The molecule has 1 nitrogen and oxygen atoms in total. The van der Waals surface area contributed by atoms with Gasteiger partial charge in [-0.3, -0.25) is 0 Å². The maximum Gasteiger partial charge on any atom is 0.0438 e. The van der Waals surface area contributed by atoms with Gasteiger partial charge in [0.25, 0.3) is 0 Å². The number of hydrogen-bond donors (Lipinski definition) is 1. The summed E-state index contributed by atoms with van der Waals surface area (Å²) in [7, 11) is 0. The van der Waals surface area contributed by atoms with E-state index in [9.17, 15) is 0 Å². The van der Waals surface area contributed by atoms with Crippen molar-refractivity contribution in [2.75, 3.05) is 6.54 Å². The number of rotatable bonds is 5. The van der Waals surface area contributed by atoms with E-state index in [1.165, 1.54) is 22.3 Å². The van der Waals surface area contributed by atoms with Crippen molar-refractivity contribution >= 4 is 11.6 Å². The highest BCUT2D eigenvalue weighted by atomic mass is 35.5. The molecule has 0 spiro atoms. The van der Waals surface area contributed by atoms with Crippen molar-refractivity contribution in [2.24, 2.45) is 11.7 Å². The van der Waals surface area contributed by atoms with Crippen molar-refractivity contribution in [1.82, 2.24) is 0 Å². The average molecular weight is 288 g/mol. The Labute approximate surface area is 126 Å². The minimum absolute atomic E-state index is 0.427. The summed E-state index contributed by atoms with van der Waals surface area (Å²) >= 11 is 6.24. The van der Waals surface area contributed by atoms with Crippen LogP contribution in [0.1, 0.15) is 22.3 Å². The van der Waals surface area contributed by atoms with Crippen molar-refractivity contribution in [3.8, 4) is 0 Å². The maximum atomic E-state index is 6.24. The molecule has 0 heterocycles. The second kappa shape index (κ2) is 6.92. The van der Waals surface area contributed by atoms with Crippen molar-refractivity contribution in [3.63, 3.8) is 0 Å². The summed E-state index contributed by atoms with van der Waals surface area (Å²) in [4.78, 5) is 0. The van der Waals surface area contributed by atoms with E-state index in [1.54, 1.807) is 0 Å². The summed E-state index contributed by atoms with van der Waals surface area (Å²) in [6.45, 7) is 4.96. The Bertz CT molecular complexity index is 557. The zero-order valence-corrected chi connectivity index (χ0v) is 13.0. The van der Waals surface area contributed by atoms with E-state index in [1.807, 2.05) is 18.2 Å². The molecule has 20 heavy (non-hydrogen) atoms. The fourth-order valence-electron chi connectivity index (χ4n) is 2.73. The van der Waals surface area contributed by atoms with Crippen molar-refractivity contribution in [2.45, 2.75) is 26.7 Å². The summed E-state index contributed by atoms with van der Waals surface area (Å²) in [5, 5.41) is 0.839. The van der Waals surface area contributed by atoms with Crippen LogP contribution in [-0.2, 0) is 12.8 Å². The van der Waals surface area contributed by atoms with Gasteiger partial charge in [-0.25, -0.2) is 0 Å². The molecular formula is C18H22ClN. The quantitative estimate of drug-likeness (QED) is 0.871. The van der Waals surface area contributed by atoms with Crippen LogP contribution in [-0.4, -0.2) is 6.54 Å². The molecule has 0 aliphatic rings. The average Bonchev–Trinajstić information content (AvgIpc) is 2.39. The topological polar surface area (TPSA) is 26.0 Å². The maximum absolute atomic E-state index is 6.24. The molecule has 0 amide bonds. The molecule has 2 N–H and O–H groups in total. The molecule has 0 saturated carbocycles. The SMILES string of the molecule is Cc1cc(C)cc(CC(CN)Cc2ccccc2Cl)c1. The van der Waals surface area contributed by atoms with Gasteiger partial charge in [-0.1, -0.05) is 59.1 Å². The number of nitrogens with two attached hydrogens (primary N) is 1. The van der Waals surface area contributed by atoms with E-state index in [0.29, 0.717) is 12.5 Å². The summed E-state index contributed by atoms with van der Waals surface area (Å²) < 4.78 is 0. The third-order valence-corrected chi connectivity index (χ3v) is 3.97. The highest BCUT2D eigenvalue weighted by Gasteiger charge is 2.11. The Balaban J connectivity index is 2.11. The zero-order valence-electron chi connectivity index (χ0n) is 12.2. The smallest absolute Gasteiger partial charge is 0.0438 e. The fourth-order valence-corrected chi connectivity index (χ4v) is 2.95. The first-order chi connectivity index (χ1) is 9.58. The highest BCUT2D eigenvalue weighted by Crippen LogP contribution is 2.21. The molecule has 2 aromatic carbocycles. The zero-order chi connectivity index (χ0) is 14.5. The predicted octanol–water partition coefficient (Wildman–Crippen LogP) is 4.32. The monoisotopic (exact) mass is 287 g/mol. The Morgan fingerprint density at radius 1 is 1.00 bits per heavy atom. The van der Waals surface area contributed by atoms with Crippen molar-refractivity contribution in [3.05, 3.63) is 69.7 Å². The lowest BCUT2D eigenvalue weighted by Crippen LogP contribution is -2.19. The van der Waals surface area contributed by atoms with E-state index in [4.69, 9.17) is 17.3 Å². The molecule has 0 bridgehead atoms. The van der Waals surface area contributed by atoms with Crippen LogP contribution in [0.25, 0.3) is 0 Å². The van der Waals surface area contributed by atoms with Crippen LogP contribution >= 0.6 is 11.6 Å². The predicted molar refractivity (Wildman–Crippen MR) is 87.3 cm³/mol. The molecule has 1 atom stereocenters. The van der Waals surface area contributed by atoms with Gasteiger partial charge in [0, 0.05) is 5.02 Å². The second-order valence-electron chi connectivity index (χ2n) is 5.60. The van der Waals surface area contributed by atoms with Crippen LogP contribution in [0.3, 0.4) is 0 Å². The van der Waals surface area contributed by atoms with Crippen LogP contribution in [0.15, 0.2) is 42.5 Å². The number of aryl methyl sites for hydroxylation is 2. The van der Waals surface area contributed by atoms with E-state index in [0.717, 1.165) is 17.9 Å². The van der Waals surface area contributed by atoms with Crippen molar-refractivity contribution < 1.29 is 0 Å². The number of halogens is 1. The van der Waals surface area contributed by atoms with E-state index in [-0.39, 0.29) is 0 Å². The molecule has 106 valence electrons. The lowest BCUT2D eigenvalue weighted by atomic mass is 9.91. The van der Waals surface area contributed by atoms with E-state index in [2.05, 4.69) is 38.1 Å². The lowest BCUT2D eigenvalue weighted by Gasteiger charge is -2.16. The summed E-state index contributed by atoms with van der Waals surface area (Å²) in [6.07, 6.45) is 1.94. The highest BCUT2D eigenvalue weighted by molar-refractivity contribution is 6.31. The first-order valence-electron chi connectivity index (χ1n) is 7.09. The van der Waals surface area contributed by atoms with Gasteiger partial charge >= 0.3 is 0 Å². The lowest BCUT2D eigenvalue weighted by molar-refractivity contribution is 0.533. The van der Waals surface area contributed by atoms with Crippen LogP contribution in [0.4, 0.5) is 0 Å². The molecule has 2 heteroatoms. The van der Waals surface area contributed by atoms with Crippen LogP contribution < -0.4 is 5.73 Å². The van der Waals surface area contributed by atoms with Crippen LogP contribution in [0.5, 0.6) is 0 Å². The normalized spacial score (nSPS) is 12.4. The van der Waals surface area contributed by atoms with E-state index >= 15 is 0 Å². The molecule has 1 unspecified atom stereocenters.